The maximum atomic E-state index is 12.0. The Kier molecular flexibility index (Phi) is 5.40. The lowest BCUT2D eigenvalue weighted by Gasteiger charge is -2.32. The molecule has 1 heterocycles. The third kappa shape index (κ3) is 4.28. The van der Waals surface area contributed by atoms with Gasteiger partial charge in [0.1, 0.15) is 0 Å². The number of rotatable bonds is 4. The van der Waals surface area contributed by atoms with Gasteiger partial charge in [-0.2, -0.15) is 0 Å². The SMILES string of the molecule is CC(C)[C@H](N)C(=O)N(C)CC1CCN(C)CC1. The molecule has 1 atom stereocenters. The van der Waals surface area contributed by atoms with Gasteiger partial charge in [0.2, 0.25) is 5.91 Å². The third-order valence-electron chi connectivity index (χ3n) is 3.75. The van der Waals surface area contributed by atoms with Gasteiger partial charge in [0.05, 0.1) is 6.04 Å². The molecule has 0 radical (unpaired) electrons. The zero-order valence-electron chi connectivity index (χ0n) is 11.6. The molecule has 0 bridgehead atoms. The van der Waals surface area contributed by atoms with Crippen LogP contribution in [0.5, 0.6) is 0 Å². The highest BCUT2D eigenvalue weighted by Gasteiger charge is 2.24. The van der Waals surface area contributed by atoms with Crippen molar-refractivity contribution in [2.75, 3.05) is 33.7 Å². The van der Waals surface area contributed by atoms with Crippen molar-refractivity contribution in [3.8, 4) is 0 Å². The van der Waals surface area contributed by atoms with Crippen molar-refractivity contribution < 1.29 is 4.79 Å². The quantitative estimate of drug-likeness (QED) is 0.791. The molecule has 1 rings (SSSR count). The average molecular weight is 241 g/mol. The van der Waals surface area contributed by atoms with E-state index in [-0.39, 0.29) is 17.9 Å². The molecule has 17 heavy (non-hydrogen) atoms. The number of amides is 1. The van der Waals surface area contributed by atoms with E-state index in [4.69, 9.17) is 5.73 Å². The summed E-state index contributed by atoms with van der Waals surface area (Å²) in [5.74, 6) is 0.931. The molecule has 0 aromatic rings. The summed E-state index contributed by atoms with van der Waals surface area (Å²) in [6, 6.07) is -0.355. The Morgan fingerprint density at radius 1 is 1.41 bits per heavy atom. The predicted octanol–water partition coefficient (Wildman–Crippen LogP) is 0.770. The molecule has 2 N–H and O–H groups in total. The van der Waals surface area contributed by atoms with Crippen molar-refractivity contribution in [2.24, 2.45) is 17.6 Å². The van der Waals surface area contributed by atoms with Crippen LogP contribution in [-0.2, 0) is 4.79 Å². The Balaban J connectivity index is 2.38. The molecule has 0 aromatic heterocycles. The first-order chi connectivity index (χ1) is 7.91. The van der Waals surface area contributed by atoms with Crippen LogP contribution >= 0.6 is 0 Å². The summed E-state index contributed by atoms with van der Waals surface area (Å²) in [4.78, 5) is 16.2. The Morgan fingerprint density at radius 2 is 1.94 bits per heavy atom. The molecule has 1 fully saturated rings. The van der Waals surface area contributed by atoms with Crippen LogP contribution in [0.1, 0.15) is 26.7 Å². The smallest absolute Gasteiger partial charge is 0.239 e. The highest BCUT2D eigenvalue weighted by Crippen LogP contribution is 2.17. The number of hydrogen-bond acceptors (Lipinski definition) is 3. The highest BCUT2D eigenvalue weighted by molar-refractivity contribution is 5.81. The largest absolute Gasteiger partial charge is 0.344 e. The normalized spacial score (nSPS) is 20.6. The molecule has 0 aromatic carbocycles. The van der Waals surface area contributed by atoms with Gasteiger partial charge >= 0.3 is 0 Å². The number of likely N-dealkylation sites (N-methyl/N-ethyl adjacent to an activating group) is 1. The number of carbonyl (C=O) groups is 1. The summed E-state index contributed by atoms with van der Waals surface area (Å²) in [5.41, 5.74) is 5.89. The lowest BCUT2D eigenvalue weighted by Crippen LogP contribution is -2.47. The molecular weight excluding hydrogens is 214 g/mol. The topological polar surface area (TPSA) is 49.6 Å². The Hall–Kier alpha value is -0.610. The molecule has 1 saturated heterocycles. The van der Waals surface area contributed by atoms with Crippen LogP contribution in [0.25, 0.3) is 0 Å². The summed E-state index contributed by atoms with van der Waals surface area (Å²) in [7, 11) is 4.03. The maximum Gasteiger partial charge on any atom is 0.239 e. The van der Waals surface area contributed by atoms with Gasteiger partial charge in [-0.15, -0.1) is 0 Å². The second kappa shape index (κ2) is 6.36. The number of nitrogens with zero attached hydrogens (tertiary/aromatic N) is 2. The van der Waals surface area contributed by atoms with Crippen molar-refractivity contribution in [1.29, 1.82) is 0 Å². The second-order valence-corrected chi connectivity index (χ2v) is 5.74. The summed E-state index contributed by atoms with van der Waals surface area (Å²) in [5, 5.41) is 0. The molecule has 4 nitrogen and oxygen atoms in total. The molecular formula is C13H27N3O. The van der Waals surface area contributed by atoms with E-state index >= 15 is 0 Å². The molecule has 1 aliphatic heterocycles. The molecule has 0 saturated carbocycles. The molecule has 100 valence electrons. The summed E-state index contributed by atoms with van der Waals surface area (Å²) < 4.78 is 0. The van der Waals surface area contributed by atoms with Gasteiger partial charge in [-0.25, -0.2) is 0 Å². The molecule has 0 spiro atoms. The molecule has 1 aliphatic rings. The minimum absolute atomic E-state index is 0.0823. The summed E-state index contributed by atoms with van der Waals surface area (Å²) >= 11 is 0. The van der Waals surface area contributed by atoms with Gasteiger partial charge < -0.3 is 15.5 Å². The van der Waals surface area contributed by atoms with Crippen molar-refractivity contribution in [3.63, 3.8) is 0 Å². The zero-order chi connectivity index (χ0) is 13.0. The van der Waals surface area contributed by atoms with Crippen LogP contribution < -0.4 is 5.73 Å². The molecule has 0 aliphatic carbocycles. The number of piperidine rings is 1. The Bertz CT molecular complexity index is 247. The molecule has 0 unspecified atom stereocenters. The van der Waals surface area contributed by atoms with Gasteiger partial charge in [0.25, 0.3) is 0 Å². The fourth-order valence-corrected chi connectivity index (χ4v) is 2.26. The van der Waals surface area contributed by atoms with E-state index in [0.717, 1.165) is 19.6 Å². The van der Waals surface area contributed by atoms with E-state index in [1.54, 1.807) is 0 Å². The summed E-state index contributed by atoms with van der Waals surface area (Å²) in [6.45, 7) is 7.12. The average Bonchev–Trinajstić information content (AvgIpc) is 2.30. The van der Waals surface area contributed by atoms with Crippen molar-refractivity contribution >= 4 is 5.91 Å². The van der Waals surface area contributed by atoms with Crippen LogP contribution in [0.15, 0.2) is 0 Å². The van der Waals surface area contributed by atoms with E-state index in [1.165, 1.54) is 12.8 Å². The number of likely N-dealkylation sites (tertiary alicyclic amines) is 1. The zero-order valence-corrected chi connectivity index (χ0v) is 11.6. The predicted molar refractivity (Wildman–Crippen MR) is 70.7 cm³/mol. The van der Waals surface area contributed by atoms with E-state index in [9.17, 15) is 4.79 Å². The van der Waals surface area contributed by atoms with Crippen LogP contribution in [-0.4, -0.2) is 55.5 Å². The first kappa shape index (κ1) is 14.5. The second-order valence-electron chi connectivity index (χ2n) is 5.74. The first-order valence-electron chi connectivity index (χ1n) is 6.61. The van der Waals surface area contributed by atoms with Crippen LogP contribution in [0, 0.1) is 11.8 Å². The van der Waals surface area contributed by atoms with E-state index in [2.05, 4.69) is 11.9 Å². The fourth-order valence-electron chi connectivity index (χ4n) is 2.26. The Morgan fingerprint density at radius 3 is 2.41 bits per heavy atom. The maximum absolute atomic E-state index is 12.0. The number of hydrogen-bond donors (Lipinski definition) is 1. The molecule has 4 heteroatoms. The van der Waals surface area contributed by atoms with E-state index in [1.807, 2.05) is 25.8 Å². The van der Waals surface area contributed by atoms with Crippen molar-refractivity contribution in [3.05, 3.63) is 0 Å². The number of carbonyl (C=O) groups excluding carboxylic acids is 1. The first-order valence-corrected chi connectivity index (χ1v) is 6.61. The van der Waals surface area contributed by atoms with Gasteiger partial charge in [-0.3, -0.25) is 4.79 Å². The minimum atomic E-state index is -0.355. The minimum Gasteiger partial charge on any atom is -0.344 e. The monoisotopic (exact) mass is 241 g/mol. The lowest BCUT2D eigenvalue weighted by atomic mass is 9.96. The van der Waals surface area contributed by atoms with Crippen LogP contribution in [0.4, 0.5) is 0 Å². The Labute approximate surface area is 105 Å². The van der Waals surface area contributed by atoms with Crippen molar-refractivity contribution in [2.45, 2.75) is 32.7 Å². The van der Waals surface area contributed by atoms with Crippen molar-refractivity contribution in [1.82, 2.24) is 9.80 Å². The third-order valence-corrected chi connectivity index (χ3v) is 3.75. The standard InChI is InChI=1S/C13H27N3O/c1-10(2)12(14)13(17)16(4)9-11-5-7-15(3)8-6-11/h10-12H,5-9,14H2,1-4H3/t12-/m0/s1. The van der Waals surface area contributed by atoms with Crippen LogP contribution in [0.2, 0.25) is 0 Å². The molecule has 1 amide bonds. The highest BCUT2D eigenvalue weighted by atomic mass is 16.2. The number of nitrogens with two attached hydrogens (primary N) is 1. The summed E-state index contributed by atoms with van der Waals surface area (Å²) in [6.07, 6.45) is 2.37. The van der Waals surface area contributed by atoms with Gasteiger partial charge in [0, 0.05) is 13.6 Å². The van der Waals surface area contributed by atoms with Gasteiger partial charge in [-0.05, 0) is 44.8 Å². The van der Waals surface area contributed by atoms with Crippen LogP contribution in [0.3, 0.4) is 0 Å². The van der Waals surface area contributed by atoms with Gasteiger partial charge in [-0.1, -0.05) is 13.8 Å². The van der Waals surface area contributed by atoms with E-state index < -0.39 is 0 Å². The van der Waals surface area contributed by atoms with Gasteiger partial charge in [0.15, 0.2) is 0 Å². The van der Waals surface area contributed by atoms with E-state index in [0.29, 0.717) is 5.92 Å². The lowest BCUT2D eigenvalue weighted by molar-refractivity contribution is -0.133. The fraction of sp³-hybridized carbons (Fsp3) is 0.923.